The zero-order valence-electron chi connectivity index (χ0n) is 12.0. The topological polar surface area (TPSA) is 23.8 Å². The van der Waals surface area contributed by atoms with Gasteiger partial charge in [0, 0.05) is 6.42 Å². The molecule has 0 aromatic heterocycles. The van der Waals surface area contributed by atoms with Gasteiger partial charge in [0.15, 0.2) is 0 Å². The number of hydrogen-bond acceptors (Lipinski definition) is 1. The van der Waals surface area contributed by atoms with Crippen LogP contribution < -0.4 is 0 Å². The SMILES string of the molecule is CCCC(CCC)(CCC#N)c1ccc(C)cc1. The summed E-state index contributed by atoms with van der Waals surface area (Å²) in [7, 11) is 0. The van der Waals surface area contributed by atoms with Crippen LogP contribution in [0.4, 0.5) is 0 Å². The Kier molecular flexibility index (Phi) is 5.92. The van der Waals surface area contributed by atoms with Gasteiger partial charge in [-0.05, 0) is 37.2 Å². The van der Waals surface area contributed by atoms with Crippen LogP contribution in [-0.4, -0.2) is 0 Å². The van der Waals surface area contributed by atoms with Crippen molar-refractivity contribution >= 4 is 0 Å². The first kappa shape index (κ1) is 14.8. The average molecular weight is 243 g/mol. The maximum atomic E-state index is 8.91. The van der Waals surface area contributed by atoms with Gasteiger partial charge in [0.1, 0.15) is 0 Å². The van der Waals surface area contributed by atoms with E-state index in [1.165, 1.54) is 36.8 Å². The Bertz CT molecular complexity index is 377. The van der Waals surface area contributed by atoms with Gasteiger partial charge in [-0.1, -0.05) is 56.5 Å². The number of nitrogens with zero attached hydrogens (tertiary/aromatic N) is 1. The van der Waals surface area contributed by atoms with E-state index in [-0.39, 0.29) is 5.41 Å². The van der Waals surface area contributed by atoms with Crippen molar-refractivity contribution < 1.29 is 0 Å². The average Bonchev–Trinajstić information content (AvgIpc) is 2.37. The lowest BCUT2D eigenvalue weighted by atomic mass is 9.70. The lowest BCUT2D eigenvalue weighted by Crippen LogP contribution is -2.26. The van der Waals surface area contributed by atoms with E-state index >= 15 is 0 Å². The second-order valence-corrected chi connectivity index (χ2v) is 5.30. The third-order valence-corrected chi connectivity index (χ3v) is 3.84. The number of benzene rings is 1. The largest absolute Gasteiger partial charge is 0.198 e. The zero-order valence-corrected chi connectivity index (χ0v) is 12.0. The molecular formula is C17H25N. The van der Waals surface area contributed by atoms with E-state index < -0.39 is 0 Å². The maximum Gasteiger partial charge on any atom is 0.0622 e. The molecule has 0 fully saturated rings. The molecule has 0 unspecified atom stereocenters. The molecule has 0 atom stereocenters. The quantitative estimate of drug-likeness (QED) is 0.650. The molecule has 0 spiro atoms. The number of hydrogen-bond donors (Lipinski definition) is 0. The summed E-state index contributed by atoms with van der Waals surface area (Å²) < 4.78 is 0. The summed E-state index contributed by atoms with van der Waals surface area (Å²) >= 11 is 0. The molecule has 0 aliphatic heterocycles. The molecule has 1 aromatic carbocycles. The number of aryl methyl sites for hydroxylation is 1. The first-order valence-corrected chi connectivity index (χ1v) is 7.12. The predicted octanol–water partition coefficient (Wildman–Crippen LogP) is 5.14. The minimum atomic E-state index is 0.215. The molecule has 98 valence electrons. The van der Waals surface area contributed by atoms with Crippen LogP contribution in [0.3, 0.4) is 0 Å². The van der Waals surface area contributed by atoms with Crippen molar-refractivity contribution in [2.24, 2.45) is 0 Å². The first-order chi connectivity index (χ1) is 8.68. The van der Waals surface area contributed by atoms with E-state index in [0.29, 0.717) is 6.42 Å². The summed E-state index contributed by atoms with van der Waals surface area (Å²) in [4.78, 5) is 0. The van der Waals surface area contributed by atoms with E-state index in [0.717, 1.165) is 6.42 Å². The van der Waals surface area contributed by atoms with Crippen LogP contribution in [0.5, 0.6) is 0 Å². The van der Waals surface area contributed by atoms with E-state index in [9.17, 15) is 0 Å². The van der Waals surface area contributed by atoms with Crippen molar-refractivity contribution in [2.45, 2.75) is 64.7 Å². The van der Waals surface area contributed by atoms with Crippen molar-refractivity contribution in [3.05, 3.63) is 35.4 Å². The van der Waals surface area contributed by atoms with Crippen molar-refractivity contribution in [1.82, 2.24) is 0 Å². The van der Waals surface area contributed by atoms with Gasteiger partial charge in [0.25, 0.3) is 0 Å². The fourth-order valence-corrected chi connectivity index (χ4v) is 2.97. The van der Waals surface area contributed by atoms with Crippen molar-refractivity contribution in [3.8, 4) is 6.07 Å². The summed E-state index contributed by atoms with van der Waals surface area (Å²) in [6.45, 7) is 6.61. The van der Waals surface area contributed by atoms with E-state index in [1.807, 2.05) is 0 Å². The van der Waals surface area contributed by atoms with Crippen LogP contribution in [0.25, 0.3) is 0 Å². The molecule has 0 heterocycles. The van der Waals surface area contributed by atoms with E-state index in [2.05, 4.69) is 51.1 Å². The maximum absolute atomic E-state index is 8.91. The normalized spacial score (nSPS) is 11.2. The Balaban J connectivity index is 3.06. The highest BCUT2D eigenvalue weighted by molar-refractivity contribution is 5.29. The smallest absolute Gasteiger partial charge is 0.0622 e. The standard InChI is InChI=1S/C17H25N/c1-4-11-17(12-5-2,13-6-14-18)16-9-7-15(3)8-10-16/h7-10H,4-6,11-13H2,1-3H3. The molecule has 18 heavy (non-hydrogen) atoms. The van der Waals surface area contributed by atoms with Crippen molar-refractivity contribution in [2.75, 3.05) is 0 Å². The highest BCUT2D eigenvalue weighted by Gasteiger charge is 2.29. The Morgan fingerprint density at radius 3 is 2.00 bits per heavy atom. The third kappa shape index (κ3) is 3.60. The monoisotopic (exact) mass is 243 g/mol. The summed E-state index contributed by atoms with van der Waals surface area (Å²) in [5, 5.41) is 8.91. The third-order valence-electron chi connectivity index (χ3n) is 3.84. The van der Waals surface area contributed by atoms with Crippen molar-refractivity contribution in [3.63, 3.8) is 0 Å². The van der Waals surface area contributed by atoms with Gasteiger partial charge in [-0.15, -0.1) is 0 Å². The van der Waals surface area contributed by atoms with E-state index in [1.54, 1.807) is 0 Å². The molecule has 0 aliphatic carbocycles. The second kappa shape index (κ2) is 7.21. The lowest BCUT2D eigenvalue weighted by Gasteiger charge is -2.34. The summed E-state index contributed by atoms with van der Waals surface area (Å²) in [6, 6.07) is 11.2. The van der Waals surface area contributed by atoms with Crippen LogP contribution in [0.2, 0.25) is 0 Å². The fourth-order valence-electron chi connectivity index (χ4n) is 2.97. The summed E-state index contributed by atoms with van der Waals surface area (Å²) in [5.74, 6) is 0. The molecular weight excluding hydrogens is 218 g/mol. The van der Waals surface area contributed by atoms with Crippen LogP contribution in [0, 0.1) is 18.3 Å². The van der Waals surface area contributed by atoms with Crippen LogP contribution in [-0.2, 0) is 5.41 Å². The minimum Gasteiger partial charge on any atom is -0.198 e. The van der Waals surface area contributed by atoms with Crippen LogP contribution >= 0.6 is 0 Å². The Morgan fingerprint density at radius 1 is 1.00 bits per heavy atom. The molecule has 0 aliphatic rings. The van der Waals surface area contributed by atoms with Gasteiger partial charge >= 0.3 is 0 Å². The highest BCUT2D eigenvalue weighted by atomic mass is 14.3. The van der Waals surface area contributed by atoms with Crippen molar-refractivity contribution in [1.29, 1.82) is 5.26 Å². The van der Waals surface area contributed by atoms with E-state index in [4.69, 9.17) is 5.26 Å². The molecule has 1 nitrogen and oxygen atoms in total. The van der Waals surface area contributed by atoms with Crippen LogP contribution in [0.1, 0.15) is 63.5 Å². The lowest BCUT2D eigenvalue weighted by molar-refractivity contribution is 0.334. The first-order valence-electron chi connectivity index (χ1n) is 7.12. The molecule has 0 amide bonds. The van der Waals surface area contributed by atoms with Gasteiger partial charge in [-0.2, -0.15) is 5.26 Å². The molecule has 1 heteroatoms. The Labute approximate surface area is 112 Å². The number of nitriles is 1. The van der Waals surface area contributed by atoms with Gasteiger partial charge < -0.3 is 0 Å². The minimum absolute atomic E-state index is 0.215. The highest BCUT2D eigenvalue weighted by Crippen LogP contribution is 2.38. The van der Waals surface area contributed by atoms with Gasteiger partial charge in [0.2, 0.25) is 0 Å². The molecule has 0 saturated heterocycles. The summed E-state index contributed by atoms with van der Waals surface area (Å²) in [6.07, 6.45) is 6.39. The molecule has 0 bridgehead atoms. The van der Waals surface area contributed by atoms with Crippen LogP contribution in [0.15, 0.2) is 24.3 Å². The molecule has 1 aromatic rings. The predicted molar refractivity (Wildman–Crippen MR) is 77.5 cm³/mol. The Hall–Kier alpha value is -1.29. The number of rotatable bonds is 7. The summed E-state index contributed by atoms with van der Waals surface area (Å²) in [5.41, 5.74) is 2.94. The Morgan fingerprint density at radius 2 is 1.56 bits per heavy atom. The molecule has 0 N–H and O–H groups in total. The van der Waals surface area contributed by atoms with Gasteiger partial charge in [0.05, 0.1) is 6.07 Å². The molecule has 0 saturated carbocycles. The van der Waals surface area contributed by atoms with Gasteiger partial charge in [-0.25, -0.2) is 0 Å². The zero-order chi connectivity index (χ0) is 13.4. The van der Waals surface area contributed by atoms with Gasteiger partial charge in [-0.3, -0.25) is 0 Å². The molecule has 1 rings (SSSR count). The fraction of sp³-hybridized carbons (Fsp3) is 0.588. The molecule has 0 radical (unpaired) electrons. The second-order valence-electron chi connectivity index (χ2n) is 5.30.